The summed E-state index contributed by atoms with van der Waals surface area (Å²) in [6.07, 6.45) is 2.25. The molecular formula is C28H37N5O4. The van der Waals surface area contributed by atoms with Gasteiger partial charge in [-0.25, -0.2) is 4.98 Å². The molecule has 0 aliphatic rings. The molecule has 198 valence electrons. The second-order valence-electron chi connectivity index (χ2n) is 9.49. The molecule has 0 bridgehead atoms. The molecule has 9 nitrogen and oxygen atoms in total. The summed E-state index contributed by atoms with van der Waals surface area (Å²) in [5, 5.41) is 2.92. The van der Waals surface area contributed by atoms with E-state index in [9.17, 15) is 9.59 Å². The monoisotopic (exact) mass is 507 g/mol. The van der Waals surface area contributed by atoms with Gasteiger partial charge in [0.05, 0.1) is 32.1 Å². The quantitative estimate of drug-likeness (QED) is 0.400. The maximum atomic E-state index is 13.2. The van der Waals surface area contributed by atoms with Crippen LogP contribution in [0.25, 0.3) is 16.9 Å². The number of imidazole rings is 1. The van der Waals surface area contributed by atoms with Crippen LogP contribution in [0.15, 0.2) is 54.7 Å². The molecule has 3 aromatic rings. The Morgan fingerprint density at radius 1 is 1.00 bits per heavy atom. The van der Waals surface area contributed by atoms with Gasteiger partial charge in [-0.3, -0.25) is 19.5 Å². The maximum Gasteiger partial charge on any atom is 0.246 e. The van der Waals surface area contributed by atoms with Crippen molar-refractivity contribution in [2.24, 2.45) is 5.92 Å². The van der Waals surface area contributed by atoms with Crippen LogP contribution in [0, 0.1) is 5.92 Å². The number of ether oxygens (including phenoxy) is 2. The van der Waals surface area contributed by atoms with E-state index in [2.05, 4.69) is 5.32 Å². The van der Waals surface area contributed by atoms with E-state index < -0.39 is 0 Å². The van der Waals surface area contributed by atoms with Crippen molar-refractivity contribution in [1.82, 2.24) is 19.4 Å². The standard InChI is InChI=1S/C28H37N5O4/c1-20(2)16-27(35)32(15-14-31(3)4)19-26(34)30-28-29-23(21-10-8-7-9-11-21)18-33(28)22-12-13-24(36-5)25(17-22)37-6/h7-13,17-18,20H,14-16,19H2,1-6H3,(H,29,30,34). The third-order valence-corrected chi connectivity index (χ3v) is 5.76. The van der Waals surface area contributed by atoms with Gasteiger partial charge >= 0.3 is 0 Å². The largest absolute Gasteiger partial charge is 0.493 e. The predicted molar refractivity (Wildman–Crippen MR) is 145 cm³/mol. The number of hydrogen-bond donors (Lipinski definition) is 1. The van der Waals surface area contributed by atoms with Crippen LogP contribution in [0.5, 0.6) is 11.5 Å². The lowest BCUT2D eigenvalue weighted by molar-refractivity contribution is -0.135. The van der Waals surface area contributed by atoms with Crippen molar-refractivity contribution in [3.63, 3.8) is 0 Å². The Morgan fingerprint density at radius 3 is 2.32 bits per heavy atom. The van der Waals surface area contributed by atoms with E-state index in [0.29, 0.717) is 42.7 Å². The van der Waals surface area contributed by atoms with Gasteiger partial charge in [0.2, 0.25) is 17.8 Å². The van der Waals surface area contributed by atoms with Crippen LogP contribution in [-0.4, -0.2) is 79.1 Å². The Morgan fingerprint density at radius 2 is 1.70 bits per heavy atom. The Bertz CT molecular complexity index is 1190. The molecule has 0 saturated heterocycles. The SMILES string of the molecule is COc1ccc(-n2cc(-c3ccccc3)nc2NC(=O)CN(CCN(C)C)C(=O)CC(C)C)cc1OC. The number of nitrogens with zero attached hydrogens (tertiary/aromatic N) is 4. The number of nitrogens with one attached hydrogen (secondary N) is 1. The van der Waals surface area contributed by atoms with Gasteiger partial charge in [-0.15, -0.1) is 0 Å². The molecule has 2 amide bonds. The number of amides is 2. The fourth-order valence-electron chi connectivity index (χ4n) is 3.82. The Balaban J connectivity index is 1.92. The Hall–Kier alpha value is -3.85. The maximum absolute atomic E-state index is 13.2. The number of methoxy groups -OCH3 is 2. The van der Waals surface area contributed by atoms with Crippen LogP contribution in [0.2, 0.25) is 0 Å². The number of likely N-dealkylation sites (N-methyl/N-ethyl adjacent to an activating group) is 1. The minimum atomic E-state index is -0.317. The molecule has 9 heteroatoms. The van der Waals surface area contributed by atoms with E-state index in [4.69, 9.17) is 14.5 Å². The van der Waals surface area contributed by atoms with Crippen molar-refractivity contribution in [1.29, 1.82) is 0 Å². The molecule has 0 spiro atoms. The van der Waals surface area contributed by atoms with E-state index >= 15 is 0 Å². The fourth-order valence-corrected chi connectivity index (χ4v) is 3.82. The molecule has 3 rings (SSSR count). The highest BCUT2D eigenvalue weighted by molar-refractivity contribution is 5.94. The molecule has 1 heterocycles. The summed E-state index contributed by atoms with van der Waals surface area (Å²) in [6.45, 7) is 5.06. The highest BCUT2D eigenvalue weighted by Crippen LogP contribution is 2.31. The smallest absolute Gasteiger partial charge is 0.246 e. The summed E-state index contributed by atoms with van der Waals surface area (Å²) in [5.41, 5.74) is 2.35. The number of benzene rings is 2. The molecule has 2 aromatic carbocycles. The minimum Gasteiger partial charge on any atom is -0.493 e. The summed E-state index contributed by atoms with van der Waals surface area (Å²) in [7, 11) is 7.03. The summed E-state index contributed by atoms with van der Waals surface area (Å²) in [5.74, 6) is 1.35. The molecule has 0 fully saturated rings. The topological polar surface area (TPSA) is 88.9 Å². The van der Waals surface area contributed by atoms with Gasteiger partial charge in [0.15, 0.2) is 11.5 Å². The zero-order chi connectivity index (χ0) is 26.9. The first-order valence-corrected chi connectivity index (χ1v) is 12.3. The first kappa shape index (κ1) is 27.7. The zero-order valence-electron chi connectivity index (χ0n) is 22.5. The van der Waals surface area contributed by atoms with Crippen molar-refractivity contribution in [2.45, 2.75) is 20.3 Å². The first-order valence-electron chi connectivity index (χ1n) is 12.3. The van der Waals surface area contributed by atoms with Crippen molar-refractivity contribution in [3.05, 3.63) is 54.7 Å². The van der Waals surface area contributed by atoms with Gasteiger partial charge in [-0.05, 0) is 32.1 Å². The van der Waals surface area contributed by atoms with E-state index in [1.54, 1.807) is 29.8 Å². The van der Waals surface area contributed by atoms with E-state index in [1.807, 2.05) is 81.5 Å². The molecule has 0 aliphatic heterocycles. The van der Waals surface area contributed by atoms with Crippen LogP contribution in [0.1, 0.15) is 20.3 Å². The lowest BCUT2D eigenvalue weighted by Gasteiger charge is -2.24. The number of carbonyl (C=O) groups is 2. The van der Waals surface area contributed by atoms with Gasteiger partial charge < -0.3 is 19.3 Å². The van der Waals surface area contributed by atoms with Gasteiger partial charge in [0.1, 0.15) is 0 Å². The Kier molecular flexibility index (Phi) is 9.68. The van der Waals surface area contributed by atoms with Gasteiger partial charge in [-0.2, -0.15) is 0 Å². The predicted octanol–water partition coefficient (Wildman–Crippen LogP) is 3.93. The van der Waals surface area contributed by atoms with Gasteiger partial charge in [0, 0.05) is 37.3 Å². The van der Waals surface area contributed by atoms with Crippen LogP contribution in [0.3, 0.4) is 0 Å². The number of rotatable bonds is 12. The van der Waals surface area contributed by atoms with Gasteiger partial charge in [0.25, 0.3) is 0 Å². The van der Waals surface area contributed by atoms with Crippen molar-refractivity contribution < 1.29 is 19.1 Å². The number of hydrogen-bond acceptors (Lipinski definition) is 6. The second-order valence-corrected chi connectivity index (χ2v) is 9.49. The van der Waals surface area contributed by atoms with Crippen molar-refractivity contribution in [3.8, 4) is 28.4 Å². The molecular weight excluding hydrogens is 470 g/mol. The third-order valence-electron chi connectivity index (χ3n) is 5.76. The lowest BCUT2D eigenvalue weighted by atomic mass is 10.1. The molecule has 0 unspecified atom stereocenters. The average Bonchev–Trinajstić information content (AvgIpc) is 3.29. The Labute approximate surface area is 219 Å². The van der Waals surface area contributed by atoms with Crippen molar-refractivity contribution >= 4 is 17.8 Å². The summed E-state index contributed by atoms with van der Waals surface area (Å²) < 4.78 is 12.6. The summed E-state index contributed by atoms with van der Waals surface area (Å²) in [4.78, 5) is 34.4. The van der Waals surface area contributed by atoms with E-state index in [-0.39, 0.29) is 24.3 Å². The molecule has 0 atom stereocenters. The van der Waals surface area contributed by atoms with Crippen LogP contribution in [0.4, 0.5) is 5.95 Å². The fraction of sp³-hybridized carbons (Fsp3) is 0.393. The van der Waals surface area contributed by atoms with Gasteiger partial charge in [-0.1, -0.05) is 44.2 Å². The molecule has 0 aliphatic carbocycles. The molecule has 37 heavy (non-hydrogen) atoms. The van der Waals surface area contributed by atoms with Crippen LogP contribution >= 0.6 is 0 Å². The number of carbonyl (C=O) groups excluding carboxylic acids is 2. The first-order chi connectivity index (χ1) is 17.7. The lowest BCUT2D eigenvalue weighted by Crippen LogP contribution is -2.42. The van der Waals surface area contributed by atoms with Crippen LogP contribution < -0.4 is 14.8 Å². The number of aromatic nitrogens is 2. The molecule has 0 saturated carbocycles. The molecule has 0 radical (unpaired) electrons. The second kappa shape index (κ2) is 12.9. The third kappa shape index (κ3) is 7.57. The average molecular weight is 508 g/mol. The highest BCUT2D eigenvalue weighted by Gasteiger charge is 2.21. The number of anilines is 1. The normalized spacial score (nSPS) is 11.0. The van der Waals surface area contributed by atoms with E-state index in [1.165, 1.54) is 0 Å². The minimum absolute atomic E-state index is 0.0415. The zero-order valence-corrected chi connectivity index (χ0v) is 22.5. The van der Waals surface area contributed by atoms with Crippen LogP contribution in [-0.2, 0) is 9.59 Å². The summed E-state index contributed by atoms with van der Waals surface area (Å²) in [6, 6.07) is 15.2. The van der Waals surface area contributed by atoms with E-state index in [0.717, 1.165) is 11.3 Å². The summed E-state index contributed by atoms with van der Waals surface area (Å²) >= 11 is 0. The molecule has 1 N–H and O–H groups in total. The highest BCUT2D eigenvalue weighted by atomic mass is 16.5. The molecule has 1 aromatic heterocycles. The van der Waals surface area contributed by atoms with Crippen molar-refractivity contribution in [2.75, 3.05) is 53.3 Å².